The number of carbonyl (C=O) groups is 1. The van der Waals surface area contributed by atoms with Gasteiger partial charge in [-0.2, -0.15) is 0 Å². The van der Waals surface area contributed by atoms with E-state index in [2.05, 4.69) is 18.8 Å². The molecule has 0 radical (unpaired) electrons. The number of piperidine rings is 1. The molecule has 106 valence electrons. The van der Waals surface area contributed by atoms with E-state index >= 15 is 0 Å². The molecule has 0 aliphatic carbocycles. The Morgan fingerprint density at radius 2 is 2.20 bits per heavy atom. The summed E-state index contributed by atoms with van der Waals surface area (Å²) in [6.07, 6.45) is 4.44. The second-order valence-corrected chi connectivity index (χ2v) is 5.11. The van der Waals surface area contributed by atoms with E-state index < -0.39 is 0 Å². The summed E-state index contributed by atoms with van der Waals surface area (Å²) in [6, 6.07) is 7.92. The third-order valence-electron chi connectivity index (χ3n) is 3.84. The lowest BCUT2D eigenvalue weighted by molar-refractivity contribution is 0.0608. The van der Waals surface area contributed by atoms with E-state index in [1.54, 1.807) is 0 Å². The Morgan fingerprint density at radius 1 is 1.40 bits per heavy atom. The van der Waals surface area contributed by atoms with Crippen molar-refractivity contribution in [2.75, 3.05) is 13.1 Å². The predicted octanol–water partition coefficient (Wildman–Crippen LogP) is 2.40. The van der Waals surface area contributed by atoms with Crippen molar-refractivity contribution in [3.05, 3.63) is 35.4 Å². The minimum atomic E-state index is 0.110. The van der Waals surface area contributed by atoms with Crippen LogP contribution in [-0.4, -0.2) is 29.9 Å². The molecule has 1 aromatic carbocycles. The first kappa shape index (κ1) is 14.6. The number of nitrogens with two attached hydrogens (primary N) is 1. The average molecular weight is 270 g/mol. The van der Waals surface area contributed by atoms with Gasteiger partial charge in [0, 0.05) is 18.2 Å². The van der Waals surface area contributed by atoms with Crippen LogP contribution in [0.1, 0.15) is 48.5 Å². The zero-order valence-electron chi connectivity index (χ0n) is 12.1. The molecular weight excluding hydrogens is 248 g/mol. The molecule has 1 aliphatic heterocycles. The van der Waals surface area contributed by atoms with Crippen molar-refractivity contribution in [2.24, 2.45) is 5.73 Å². The standard InChI is InChI=1S/C17H22N2O/c1-2-15-10-5-6-13-19(15)17(20)16-11-4-3-8-14(16)9-7-12-18/h3-4,8,11,15H,2,5-6,10,12-13,18H2,1H3. The summed E-state index contributed by atoms with van der Waals surface area (Å²) in [5.41, 5.74) is 6.90. The van der Waals surface area contributed by atoms with E-state index in [4.69, 9.17) is 5.73 Å². The molecule has 1 amide bonds. The molecule has 1 aromatic rings. The Bertz CT molecular complexity index is 527. The first-order chi connectivity index (χ1) is 9.77. The largest absolute Gasteiger partial charge is 0.336 e. The van der Waals surface area contributed by atoms with Crippen LogP contribution in [0.15, 0.2) is 24.3 Å². The molecule has 1 heterocycles. The minimum absolute atomic E-state index is 0.110. The van der Waals surface area contributed by atoms with E-state index in [1.165, 1.54) is 6.42 Å². The fourth-order valence-electron chi connectivity index (χ4n) is 2.77. The summed E-state index contributed by atoms with van der Waals surface area (Å²) in [5, 5.41) is 0. The molecule has 0 saturated carbocycles. The van der Waals surface area contributed by atoms with Gasteiger partial charge in [0.2, 0.25) is 0 Å². The van der Waals surface area contributed by atoms with Crippen LogP contribution in [0.3, 0.4) is 0 Å². The molecule has 1 saturated heterocycles. The molecule has 0 spiro atoms. The van der Waals surface area contributed by atoms with E-state index in [9.17, 15) is 4.79 Å². The number of benzene rings is 1. The number of hydrogen-bond donors (Lipinski definition) is 1. The number of nitrogens with zero attached hydrogens (tertiary/aromatic N) is 1. The van der Waals surface area contributed by atoms with Crippen LogP contribution in [0.25, 0.3) is 0 Å². The monoisotopic (exact) mass is 270 g/mol. The molecule has 0 aromatic heterocycles. The first-order valence-corrected chi connectivity index (χ1v) is 7.36. The molecule has 3 nitrogen and oxygen atoms in total. The Hall–Kier alpha value is -1.79. The highest BCUT2D eigenvalue weighted by Crippen LogP contribution is 2.22. The summed E-state index contributed by atoms with van der Waals surface area (Å²) in [5.74, 6) is 5.95. The van der Waals surface area contributed by atoms with Crippen LogP contribution in [0.4, 0.5) is 0 Å². The highest BCUT2D eigenvalue weighted by atomic mass is 16.2. The van der Waals surface area contributed by atoms with Crippen molar-refractivity contribution in [1.29, 1.82) is 0 Å². The molecule has 20 heavy (non-hydrogen) atoms. The highest BCUT2D eigenvalue weighted by molar-refractivity contribution is 5.97. The second kappa shape index (κ2) is 7.12. The fraction of sp³-hybridized carbons (Fsp3) is 0.471. The van der Waals surface area contributed by atoms with Gasteiger partial charge in [0.25, 0.3) is 5.91 Å². The van der Waals surface area contributed by atoms with Crippen LogP contribution < -0.4 is 5.73 Å². The third kappa shape index (κ3) is 3.20. The topological polar surface area (TPSA) is 46.3 Å². The summed E-state index contributed by atoms with van der Waals surface area (Å²) in [6.45, 7) is 3.32. The van der Waals surface area contributed by atoms with Gasteiger partial charge in [-0.25, -0.2) is 0 Å². The van der Waals surface area contributed by atoms with Crippen LogP contribution >= 0.6 is 0 Å². The summed E-state index contributed by atoms with van der Waals surface area (Å²) >= 11 is 0. The zero-order valence-corrected chi connectivity index (χ0v) is 12.1. The molecule has 3 heteroatoms. The third-order valence-corrected chi connectivity index (χ3v) is 3.84. The van der Waals surface area contributed by atoms with Crippen molar-refractivity contribution in [1.82, 2.24) is 4.90 Å². The van der Waals surface area contributed by atoms with Crippen molar-refractivity contribution in [3.8, 4) is 11.8 Å². The predicted molar refractivity (Wildman–Crippen MR) is 81.3 cm³/mol. The number of hydrogen-bond acceptors (Lipinski definition) is 2. The summed E-state index contributed by atoms with van der Waals surface area (Å²) in [7, 11) is 0. The second-order valence-electron chi connectivity index (χ2n) is 5.11. The number of rotatable bonds is 2. The van der Waals surface area contributed by atoms with E-state index in [1.807, 2.05) is 29.2 Å². The Morgan fingerprint density at radius 3 is 2.95 bits per heavy atom. The van der Waals surface area contributed by atoms with Gasteiger partial charge in [-0.15, -0.1) is 0 Å². The van der Waals surface area contributed by atoms with Crippen molar-refractivity contribution >= 4 is 5.91 Å². The van der Waals surface area contributed by atoms with E-state index in [0.29, 0.717) is 18.2 Å². The number of likely N-dealkylation sites (tertiary alicyclic amines) is 1. The Labute approximate surface area is 121 Å². The first-order valence-electron chi connectivity index (χ1n) is 7.36. The summed E-state index contributed by atoms with van der Waals surface area (Å²) in [4.78, 5) is 14.8. The van der Waals surface area contributed by atoms with Crippen molar-refractivity contribution in [2.45, 2.75) is 38.6 Å². The fourth-order valence-corrected chi connectivity index (χ4v) is 2.77. The van der Waals surface area contributed by atoms with Gasteiger partial charge in [-0.05, 0) is 37.8 Å². The molecule has 1 aliphatic rings. The number of amides is 1. The highest BCUT2D eigenvalue weighted by Gasteiger charge is 2.27. The Kier molecular flexibility index (Phi) is 5.20. The quantitative estimate of drug-likeness (QED) is 0.839. The zero-order chi connectivity index (χ0) is 14.4. The summed E-state index contributed by atoms with van der Waals surface area (Å²) < 4.78 is 0. The molecule has 2 rings (SSSR count). The van der Waals surface area contributed by atoms with Gasteiger partial charge in [0.05, 0.1) is 12.1 Å². The SMILES string of the molecule is CCC1CCCCN1C(=O)c1ccccc1C#CCN. The smallest absolute Gasteiger partial charge is 0.255 e. The molecule has 2 N–H and O–H groups in total. The lowest BCUT2D eigenvalue weighted by Gasteiger charge is -2.35. The van der Waals surface area contributed by atoms with Crippen molar-refractivity contribution in [3.63, 3.8) is 0 Å². The van der Waals surface area contributed by atoms with Gasteiger partial charge in [0.15, 0.2) is 0 Å². The normalized spacial score (nSPS) is 18.3. The lowest BCUT2D eigenvalue weighted by atomic mass is 9.97. The molecule has 1 fully saturated rings. The van der Waals surface area contributed by atoms with Crippen LogP contribution in [0, 0.1) is 11.8 Å². The van der Waals surface area contributed by atoms with Gasteiger partial charge in [-0.3, -0.25) is 4.79 Å². The maximum Gasteiger partial charge on any atom is 0.255 e. The maximum absolute atomic E-state index is 12.8. The average Bonchev–Trinajstić information content (AvgIpc) is 2.52. The lowest BCUT2D eigenvalue weighted by Crippen LogP contribution is -2.43. The van der Waals surface area contributed by atoms with Gasteiger partial charge in [0.1, 0.15) is 0 Å². The van der Waals surface area contributed by atoms with E-state index in [0.717, 1.165) is 31.4 Å². The molecule has 1 atom stereocenters. The minimum Gasteiger partial charge on any atom is -0.336 e. The maximum atomic E-state index is 12.8. The molecule has 1 unspecified atom stereocenters. The van der Waals surface area contributed by atoms with Crippen LogP contribution in [-0.2, 0) is 0 Å². The van der Waals surface area contributed by atoms with Crippen LogP contribution in [0.2, 0.25) is 0 Å². The number of carbonyl (C=O) groups excluding carboxylic acids is 1. The van der Waals surface area contributed by atoms with E-state index in [-0.39, 0.29) is 5.91 Å². The molecule has 0 bridgehead atoms. The van der Waals surface area contributed by atoms with Crippen molar-refractivity contribution < 1.29 is 4.79 Å². The Balaban J connectivity index is 2.28. The van der Waals surface area contributed by atoms with Gasteiger partial charge in [-0.1, -0.05) is 30.9 Å². The molecular formula is C17H22N2O. The van der Waals surface area contributed by atoms with Crippen LogP contribution in [0.5, 0.6) is 0 Å². The van der Waals surface area contributed by atoms with Gasteiger partial charge < -0.3 is 10.6 Å². The van der Waals surface area contributed by atoms with Gasteiger partial charge >= 0.3 is 0 Å².